The molecule has 4 nitrogen and oxygen atoms in total. The molecule has 3 rings (SSSR count). The zero-order valence-electron chi connectivity index (χ0n) is 10.8. The number of benzene rings is 1. The lowest BCUT2D eigenvalue weighted by Gasteiger charge is -1.96. The van der Waals surface area contributed by atoms with Crippen LogP contribution in [0.1, 0.15) is 17.0 Å². The number of thiophene rings is 1. The van der Waals surface area contributed by atoms with Crippen LogP contribution in [-0.4, -0.2) is 10.1 Å². The number of nitrogens with two attached hydrogens (primary N) is 1. The summed E-state index contributed by atoms with van der Waals surface area (Å²) in [5.41, 5.74) is 7.87. The molecule has 0 radical (unpaired) electrons. The number of hydrogen-bond acceptors (Lipinski definition) is 5. The van der Waals surface area contributed by atoms with Crippen LogP contribution in [0.15, 0.2) is 34.9 Å². The summed E-state index contributed by atoms with van der Waals surface area (Å²) >= 11 is 7.41. The van der Waals surface area contributed by atoms with Crippen molar-refractivity contribution in [2.75, 3.05) is 5.73 Å². The zero-order chi connectivity index (χ0) is 14.1. The van der Waals surface area contributed by atoms with Gasteiger partial charge < -0.3 is 10.3 Å². The van der Waals surface area contributed by atoms with Crippen molar-refractivity contribution in [2.45, 2.75) is 13.3 Å². The quantitative estimate of drug-likeness (QED) is 0.796. The van der Waals surface area contributed by atoms with E-state index in [1.807, 2.05) is 37.3 Å². The highest BCUT2D eigenvalue weighted by Crippen LogP contribution is 2.32. The van der Waals surface area contributed by atoms with Crippen LogP contribution < -0.4 is 5.73 Å². The summed E-state index contributed by atoms with van der Waals surface area (Å²) in [4.78, 5) is 5.34. The number of aryl methyl sites for hydroxylation is 1. The zero-order valence-corrected chi connectivity index (χ0v) is 12.3. The number of rotatable bonds is 3. The van der Waals surface area contributed by atoms with Gasteiger partial charge in [0, 0.05) is 11.4 Å². The van der Waals surface area contributed by atoms with Gasteiger partial charge in [-0.3, -0.25) is 0 Å². The second-order valence-corrected chi connectivity index (χ2v) is 6.00. The van der Waals surface area contributed by atoms with Crippen molar-refractivity contribution in [1.29, 1.82) is 0 Å². The van der Waals surface area contributed by atoms with Crippen LogP contribution in [0.25, 0.3) is 10.8 Å². The fraction of sp³-hybridized carbons (Fsp3) is 0.143. The van der Waals surface area contributed by atoms with Crippen LogP contribution in [0.2, 0.25) is 5.02 Å². The Morgan fingerprint density at radius 2 is 2.20 bits per heavy atom. The van der Waals surface area contributed by atoms with Gasteiger partial charge in [0.15, 0.2) is 5.82 Å². The molecule has 0 atom stereocenters. The van der Waals surface area contributed by atoms with Crippen LogP contribution >= 0.6 is 22.9 Å². The molecule has 3 aromatic rings. The average molecular weight is 306 g/mol. The molecule has 0 aliphatic rings. The van der Waals surface area contributed by atoms with E-state index in [-0.39, 0.29) is 0 Å². The Kier molecular flexibility index (Phi) is 3.46. The van der Waals surface area contributed by atoms with Crippen LogP contribution in [0.5, 0.6) is 0 Å². The third-order valence-electron chi connectivity index (χ3n) is 2.85. The Morgan fingerprint density at radius 1 is 1.35 bits per heavy atom. The average Bonchev–Trinajstić information content (AvgIpc) is 2.96. The van der Waals surface area contributed by atoms with Crippen LogP contribution in [0, 0.1) is 6.92 Å². The van der Waals surface area contributed by atoms with Gasteiger partial charge in [-0.05, 0) is 36.2 Å². The number of nitrogens with zero attached hydrogens (tertiary/aromatic N) is 2. The van der Waals surface area contributed by atoms with Crippen molar-refractivity contribution in [2.24, 2.45) is 0 Å². The molecular formula is C14H12ClN3OS. The monoisotopic (exact) mass is 305 g/mol. The van der Waals surface area contributed by atoms with E-state index in [1.54, 1.807) is 0 Å². The Labute approximate surface area is 125 Å². The van der Waals surface area contributed by atoms with Crippen molar-refractivity contribution in [3.63, 3.8) is 0 Å². The minimum atomic E-state index is 0.515. The minimum Gasteiger partial charge on any atom is -0.391 e. The predicted octanol–water partition coefficient (Wildman–Crippen LogP) is 3.93. The molecule has 0 aliphatic carbocycles. The topological polar surface area (TPSA) is 64.9 Å². The predicted molar refractivity (Wildman–Crippen MR) is 81.0 cm³/mol. The van der Waals surface area contributed by atoms with Crippen LogP contribution in [0.3, 0.4) is 0 Å². The smallest absolute Gasteiger partial charge is 0.268 e. The van der Waals surface area contributed by atoms with Crippen LogP contribution in [0.4, 0.5) is 5.00 Å². The molecule has 0 saturated heterocycles. The molecule has 2 aromatic heterocycles. The number of anilines is 1. The van der Waals surface area contributed by atoms with E-state index in [2.05, 4.69) is 10.1 Å². The highest BCUT2D eigenvalue weighted by molar-refractivity contribution is 7.19. The van der Waals surface area contributed by atoms with E-state index in [4.69, 9.17) is 21.9 Å². The van der Waals surface area contributed by atoms with Gasteiger partial charge in [0.1, 0.15) is 0 Å². The van der Waals surface area contributed by atoms with E-state index >= 15 is 0 Å². The van der Waals surface area contributed by atoms with Gasteiger partial charge >= 0.3 is 0 Å². The first kappa shape index (κ1) is 13.1. The number of aromatic nitrogens is 2. The second kappa shape index (κ2) is 5.26. The van der Waals surface area contributed by atoms with Gasteiger partial charge in [-0.25, -0.2) is 0 Å². The SMILES string of the molecule is Cc1cc(N)sc1-c1nc(Cc2cccc(Cl)c2)no1. The normalized spacial score (nSPS) is 10.9. The molecule has 2 N–H and O–H groups in total. The molecule has 0 bridgehead atoms. The third-order valence-corrected chi connectivity index (χ3v) is 4.14. The van der Waals surface area contributed by atoms with Gasteiger partial charge in [0.2, 0.25) is 0 Å². The van der Waals surface area contributed by atoms with E-state index < -0.39 is 0 Å². The van der Waals surface area contributed by atoms with Crippen molar-refractivity contribution in [3.05, 3.63) is 52.3 Å². The fourth-order valence-electron chi connectivity index (χ4n) is 1.97. The molecular weight excluding hydrogens is 294 g/mol. The summed E-state index contributed by atoms with van der Waals surface area (Å²) in [6, 6.07) is 9.52. The highest BCUT2D eigenvalue weighted by Gasteiger charge is 2.14. The molecule has 2 heterocycles. The highest BCUT2D eigenvalue weighted by atomic mass is 35.5. The Balaban J connectivity index is 1.85. The van der Waals surface area contributed by atoms with Gasteiger partial charge in [0.05, 0.1) is 9.88 Å². The first-order chi connectivity index (χ1) is 9.61. The Morgan fingerprint density at radius 3 is 2.90 bits per heavy atom. The number of halogens is 1. The lowest BCUT2D eigenvalue weighted by Crippen LogP contribution is -1.90. The van der Waals surface area contributed by atoms with E-state index in [0.29, 0.717) is 23.2 Å². The molecule has 1 aromatic carbocycles. The summed E-state index contributed by atoms with van der Waals surface area (Å²) in [5.74, 6) is 1.15. The first-order valence-corrected chi connectivity index (χ1v) is 7.24. The van der Waals surface area contributed by atoms with Crippen molar-refractivity contribution < 1.29 is 4.52 Å². The second-order valence-electron chi connectivity index (χ2n) is 4.48. The van der Waals surface area contributed by atoms with Gasteiger partial charge in [0.25, 0.3) is 5.89 Å². The molecule has 0 aliphatic heterocycles. The van der Waals surface area contributed by atoms with Crippen molar-refractivity contribution in [1.82, 2.24) is 10.1 Å². The summed E-state index contributed by atoms with van der Waals surface area (Å²) in [5, 5.41) is 5.45. The summed E-state index contributed by atoms with van der Waals surface area (Å²) < 4.78 is 5.31. The number of nitrogen functional groups attached to an aromatic ring is 1. The molecule has 0 fully saturated rings. The lowest BCUT2D eigenvalue weighted by molar-refractivity contribution is 0.424. The Hall–Kier alpha value is -1.85. The van der Waals surface area contributed by atoms with E-state index in [9.17, 15) is 0 Å². The molecule has 0 amide bonds. The lowest BCUT2D eigenvalue weighted by atomic mass is 10.1. The van der Waals surface area contributed by atoms with Crippen molar-refractivity contribution in [3.8, 4) is 10.8 Å². The molecule has 6 heteroatoms. The van der Waals surface area contributed by atoms with E-state index in [1.165, 1.54) is 11.3 Å². The molecule has 0 unspecified atom stereocenters. The maximum atomic E-state index is 5.96. The largest absolute Gasteiger partial charge is 0.391 e. The van der Waals surface area contributed by atoms with Crippen molar-refractivity contribution >= 4 is 27.9 Å². The summed E-state index contributed by atoms with van der Waals surface area (Å²) in [6.07, 6.45) is 0.587. The minimum absolute atomic E-state index is 0.515. The maximum absolute atomic E-state index is 5.96. The molecule has 20 heavy (non-hydrogen) atoms. The first-order valence-electron chi connectivity index (χ1n) is 6.05. The summed E-state index contributed by atoms with van der Waals surface area (Å²) in [6.45, 7) is 1.98. The maximum Gasteiger partial charge on any atom is 0.268 e. The Bertz CT molecular complexity index is 750. The van der Waals surface area contributed by atoms with Crippen LogP contribution in [-0.2, 0) is 6.42 Å². The standard InChI is InChI=1S/C14H12ClN3OS/c1-8-5-11(16)20-13(8)14-17-12(18-19-14)7-9-3-2-4-10(15)6-9/h2-6H,7,16H2,1H3. The van der Waals surface area contributed by atoms with Gasteiger partial charge in [-0.2, -0.15) is 4.98 Å². The molecule has 0 saturated carbocycles. The molecule has 102 valence electrons. The third kappa shape index (κ3) is 2.69. The van der Waals surface area contributed by atoms with Gasteiger partial charge in [-0.15, -0.1) is 11.3 Å². The van der Waals surface area contributed by atoms with Gasteiger partial charge in [-0.1, -0.05) is 28.9 Å². The molecule has 0 spiro atoms. The fourth-order valence-corrected chi connectivity index (χ4v) is 3.04. The van der Waals surface area contributed by atoms with E-state index in [0.717, 1.165) is 21.0 Å². The summed E-state index contributed by atoms with van der Waals surface area (Å²) in [7, 11) is 0. The number of hydrogen-bond donors (Lipinski definition) is 1.